The summed E-state index contributed by atoms with van der Waals surface area (Å²) in [6.07, 6.45) is 0.727. The highest BCUT2D eigenvalue weighted by atomic mass is 35.5. The molecular formula is C15H18ClN5O3. The molecule has 1 heterocycles. The molecule has 0 spiro atoms. The Bertz CT molecular complexity index is 706. The fourth-order valence-corrected chi connectivity index (χ4v) is 1.97. The van der Waals surface area contributed by atoms with Crippen LogP contribution < -0.4 is 16.2 Å². The van der Waals surface area contributed by atoms with Gasteiger partial charge in [-0.1, -0.05) is 11.6 Å². The first-order valence-electron chi connectivity index (χ1n) is 7.24. The van der Waals surface area contributed by atoms with E-state index in [9.17, 15) is 4.79 Å². The number of ether oxygens (including phenoxy) is 2. The van der Waals surface area contributed by atoms with Crippen molar-refractivity contribution >= 4 is 29.5 Å². The molecule has 0 unspecified atom stereocenters. The van der Waals surface area contributed by atoms with E-state index < -0.39 is 0 Å². The summed E-state index contributed by atoms with van der Waals surface area (Å²) >= 11 is 5.94. The topological polar surface area (TPSA) is 126 Å². The van der Waals surface area contributed by atoms with Crippen LogP contribution in [0, 0.1) is 6.92 Å². The Morgan fingerprint density at radius 1 is 1.21 bits per heavy atom. The third-order valence-corrected chi connectivity index (χ3v) is 3.43. The average molecular weight is 352 g/mol. The number of hydrogen-bond donors (Lipinski definition) is 2. The maximum absolute atomic E-state index is 11.7. The molecule has 0 fully saturated rings. The number of halogens is 1. The normalized spacial score (nSPS) is 10.4. The predicted molar refractivity (Wildman–Crippen MR) is 89.4 cm³/mol. The number of carbonyl (C=O) groups excluding carboxylic acids is 1. The molecule has 8 nitrogen and oxygen atoms in total. The zero-order valence-corrected chi connectivity index (χ0v) is 13.9. The molecular weight excluding hydrogens is 334 g/mol. The molecule has 0 aliphatic carbocycles. The number of rotatable bonds is 7. The lowest BCUT2D eigenvalue weighted by atomic mass is 10.2. The first-order valence-corrected chi connectivity index (χ1v) is 7.62. The molecule has 0 amide bonds. The lowest BCUT2D eigenvalue weighted by Gasteiger charge is -2.08. The fraction of sp³-hybridized carbons (Fsp3) is 0.333. The summed E-state index contributed by atoms with van der Waals surface area (Å²) in [7, 11) is 0. The van der Waals surface area contributed by atoms with E-state index in [4.69, 9.17) is 32.5 Å². The summed E-state index contributed by atoms with van der Waals surface area (Å²) in [4.78, 5) is 22.9. The Morgan fingerprint density at radius 2 is 1.92 bits per heavy atom. The van der Waals surface area contributed by atoms with Crippen LogP contribution in [-0.2, 0) is 16.1 Å². The molecule has 9 heteroatoms. The van der Waals surface area contributed by atoms with Gasteiger partial charge in [-0.3, -0.25) is 4.79 Å². The van der Waals surface area contributed by atoms with Crippen molar-refractivity contribution < 1.29 is 14.3 Å². The van der Waals surface area contributed by atoms with Gasteiger partial charge >= 0.3 is 5.97 Å². The number of aryl methyl sites for hydroxylation is 1. The first-order chi connectivity index (χ1) is 11.4. The zero-order valence-electron chi connectivity index (χ0n) is 13.2. The number of aromatic nitrogens is 3. The van der Waals surface area contributed by atoms with Gasteiger partial charge in [-0.25, -0.2) is 0 Å². The Kier molecular flexibility index (Phi) is 6.14. The standard InChI is InChI=1S/C15H18ClN5O3/c1-9-7-10(4-5-11(9)16)23-6-2-3-13(22)24-8-12-19-14(17)21-15(18)20-12/h4-5,7H,2-3,6,8H2,1H3,(H4,17,18,19,20,21). The SMILES string of the molecule is Cc1cc(OCCCC(=O)OCc2nc(N)nc(N)n2)ccc1Cl. The Labute approximate surface area is 144 Å². The Morgan fingerprint density at radius 3 is 2.58 bits per heavy atom. The maximum Gasteiger partial charge on any atom is 0.306 e. The summed E-state index contributed by atoms with van der Waals surface area (Å²) in [5, 5.41) is 0.686. The number of carbonyl (C=O) groups is 1. The van der Waals surface area contributed by atoms with Gasteiger partial charge in [0.1, 0.15) is 5.75 Å². The highest BCUT2D eigenvalue weighted by molar-refractivity contribution is 6.31. The molecule has 0 saturated carbocycles. The lowest BCUT2D eigenvalue weighted by molar-refractivity contribution is -0.145. The van der Waals surface area contributed by atoms with Crippen molar-refractivity contribution in [2.24, 2.45) is 0 Å². The van der Waals surface area contributed by atoms with E-state index in [0.29, 0.717) is 23.8 Å². The monoisotopic (exact) mass is 351 g/mol. The number of hydrogen-bond acceptors (Lipinski definition) is 8. The number of esters is 1. The summed E-state index contributed by atoms with van der Waals surface area (Å²) in [6, 6.07) is 5.39. The Hall–Kier alpha value is -2.61. The largest absolute Gasteiger partial charge is 0.494 e. The van der Waals surface area contributed by atoms with Crippen molar-refractivity contribution in [2.75, 3.05) is 18.1 Å². The van der Waals surface area contributed by atoms with E-state index in [0.717, 1.165) is 5.56 Å². The summed E-state index contributed by atoms with van der Waals surface area (Å²) in [5.41, 5.74) is 11.8. The summed E-state index contributed by atoms with van der Waals surface area (Å²) in [5.74, 6) is 0.506. The van der Waals surface area contributed by atoms with Crippen LogP contribution in [0.1, 0.15) is 24.2 Å². The lowest BCUT2D eigenvalue weighted by Crippen LogP contribution is -2.11. The van der Waals surface area contributed by atoms with E-state index in [1.54, 1.807) is 12.1 Å². The first kappa shape index (κ1) is 17.7. The maximum atomic E-state index is 11.7. The number of nitrogens with two attached hydrogens (primary N) is 2. The second kappa shape index (κ2) is 8.30. The van der Waals surface area contributed by atoms with Crippen LogP contribution in [0.4, 0.5) is 11.9 Å². The van der Waals surface area contributed by atoms with Gasteiger partial charge in [-0.2, -0.15) is 15.0 Å². The van der Waals surface area contributed by atoms with Crippen LogP contribution in [0.25, 0.3) is 0 Å². The number of nitrogen functional groups attached to an aromatic ring is 2. The number of anilines is 2. The highest BCUT2D eigenvalue weighted by Crippen LogP contribution is 2.21. The minimum absolute atomic E-state index is 0.0137. The molecule has 0 radical (unpaired) electrons. The van der Waals surface area contributed by atoms with E-state index in [1.165, 1.54) is 0 Å². The minimum atomic E-state index is -0.386. The molecule has 2 rings (SSSR count). The van der Waals surface area contributed by atoms with Gasteiger partial charge < -0.3 is 20.9 Å². The fourth-order valence-electron chi connectivity index (χ4n) is 1.85. The van der Waals surface area contributed by atoms with Gasteiger partial charge in [0, 0.05) is 11.4 Å². The Balaban J connectivity index is 1.68. The average Bonchev–Trinajstić information content (AvgIpc) is 2.52. The smallest absolute Gasteiger partial charge is 0.306 e. The molecule has 0 aliphatic heterocycles. The summed E-state index contributed by atoms with van der Waals surface area (Å²) in [6.45, 7) is 2.18. The van der Waals surface area contributed by atoms with E-state index in [-0.39, 0.29) is 36.7 Å². The minimum Gasteiger partial charge on any atom is -0.494 e. The molecule has 2 aromatic rings. The van der Waals surface area contributed by atoms with Crippen molar-refractivity contribution in [3.8, 4) is 5.75 Å². The molecule has 0 bridgehead atoms. The van der Waals surface area contributed by atoms with Gasteiger partial charge in [0.25, 0.3) is 0 Å². The van der Waals surface area contributed by atoms with Crippen LogP contribution in [0.15, 0.2) is 18.2 Å². The molecule has 1 aromatic heterocycles. The molecule has 128 valence electrons. The van der Waals surface area contributed by atoms with E-state index in [2.05, 4.69) is 15.0 Å². The molecule has 0 atom stereocenters. The van der Waals surface area contributed by atoms with Crippen molar-refractivity contribution in [2.45, 2.75) is 26.4 Å². The van der Waals surface area contributed by atoms with Crippen molar-refractivity contribution in [1.29, 1.82) is 0 Å². The third kappa shape index (κ3) is 5.54. The number of benzene rings is 1. The van der Waals surface area contributed by atoms with Crippen molar-refractivity contribution in [1.82, 2.24) is 15.0 Å². The van der Waals surface area contributed by atoms with Gasteiger partial charge in [0.15, 0.2) is 12.4 Å². The van der Waals surface area contributed by atoms with Gasteiger partial charge in [0.05, 0.1) is 6.61 Å². The molecule has 0 aliphatic rings. The van der Waals surface area contributed by atoms with Crippen LogP contribution in [0.2, 0.25) is 5.02 Å². The number of nitrogens with zero attached hydrogens (tertiary/aromatic N) is 3. The quantitative estimate of drug-likeness (QED) is 0.572. The highest BCUT2D eigenvalue weighted by Gasteiger charge is 2.07. The van der Waals surface area contributed by atoms with Gasteiger partial charge in [-0.05, 0) is 37.1 Å². The van der Waals surface area contributed by atoms with E-state index >= 15 is 0 Å². The second-order valence-electron chi connectivity index (χ2n) is 4.99. The summed E-state index contributed by atoms with van der Waals surface area (Å²) < 4.78 is 10.6. The molecule has 24 heavy (non-hydrogen) atoms. The second-order valence-corrected chi connectivity index (χ2v) is 5.40. The van der Waals surface area contributed by atoms with Gasteiger partial charge in [-0.15, -0.1) is 0 Å². The van der Waals surface area contributed by atoms with Crippen molar-refractivity contribution in [3.63, 3.8) is 0 Å². The molecule has 4 N–H and O–H groups in total. The third-order valence-electron chi connectivity index (χ3n) is 3.00. The van der Waals surface area contributed by atoms with Crippen molar-refractivity contribution in [3.05, 3.63) is 34.6 Å². The molecule has 0 saturated heterocycles. The van der Waals surface area contributed by atoms with Gasteiger partial charge in [0.2, 0.25) is 11.9 Å². The van der Waals surface area contributed by atoms with E-state index in [1.807, 2.05) is 13.0 Å². The van der Waals surface area contributed by atoms with Crippen LogP contribution in [-0.4, -0.2) is 27.5 Å². The van der Waals surface area contributed by atoms with Crippen LogP contribution in [0.3, 0.4) is 0 Å². The van der Waals surface area contributed by atoms with Crippen LogP contribution in [0.5, 0.6) is 5.75 Å². The zero-order chi connectivity index (χ0) is 17.5. The van der Waals surface area contributed by atoms with Crippen LogP contribution >= 0.6 is 11.6 Å². The molecule has 1 aromatic carbocycles. The predicted octanol–water partition coefficient (Wildman–Crippen LogP) is 1.90.